The minimum Gasteiger partial charge on any atom is -0.371 e. The average molecular weight is 577 g/mol. The van der Waals surface area contributed by atoms with Crippen molar-refractivity contribution in [3.05, 3.63) is 101 Å². The van der Waals surface area contributed by atoms with Crippen molar-refractivity contribution < 1.29 is 26.7 Å². The molecule has 1 aromatic heterocycles. The van der Waals surface area contributed by atoms with E-state index < -0.39 is 27.8 Å². The number of halogens is 2. The van der Waals surface area contributed by atoms with Crippen molar-refractivity contribution in [2.24, 2.45) is 0 Å². The summed E-state index contributed by atoms with van der Waals surface area (Å²) in [6.07, 6.45) is -1.15. The summed E-state index contributed by atoms with van der Waals surface area (Å²) in [4.78, 5) is 6.76. The lowest BCUT2D eigenvalue weighted by molar-refractivity contribution is -0.00276. The summed E-state index contributed by atoms with van der Waals surface area (Å²) >= 11 is 0. The number of nitriles is 1. The van der Waals surface area contributed by atoms with Crippen LogP contribution in [0.25, 0.3) is 10.9 Å². The molecule has 11 heteroatoms. The van der Waals surface area contributed by atoms with Crippen LogP contribution in [0.3, 0.4) is 0 Å². The molecule has 3 heterocycles. The summed E-state index contributed by atoms with van der Waals surface area (Å²) in [5, 5.41) is 10.0. The van der Waals surface area contributed by atoms with E-state index in [1.807, 2.05) is 35.2 Å². The Morgan fingerprint density at radius 2 is 1.61 bits per heavy atom. The fourth-order valence-corrected chi connectivity index (χ4v) is 6.86. The quantitative estimate of drug-likeness (QED) is 0.339. The van der Waals surface area contributed by atoms with E-state index in [0.29, 0.717) is 47.5 Å². The maximum atomic E-state index is 14.2. The molecule has 0 radical (unpaired) electrons. The molecule has 0 bridgehead atoms. The van der Waals surface area contributed by atoms with Crippen LogP contribution in [-0.2, 0) is 19.5 Å². The number of hydrogen-bond donors (Lipinski definition) is 0. The standard InChI is InChI=1S/C30H26F2N4O4S/c31-24-9-8-23(15-25(24)32)28-19-36(11-13-40-28)41(37,38)29-16-21-5-1-2-7-26(21)34-30(29)35-10-12-39-27(18-35)22-6-3-4-20(14-22)17-33/h1-9,14-16,27-28H,10-13,18-19H2. The summed E-state index contributed by atoms with van der Waals surface area (Å²) < 4.78 is 69.0. The second-order valence-corrected chi connectivity index (χ2v) is 11.8. The van der Waals surface area contributed by atoms with Gasteiger partial charge >= 0.3 is 0 Å². The zero-order chi connectivity index (χ0) is 28.6. The minimum atomic E-state index is -4.09. The second-order valence-electron chi connectivity index (χ2n) is 9.94. The van der Waals surface area contributed by atoms with Gasteiger partial charge in [0.05, 0.1) is 36.5 Å². The lowest BCUT2D eigenvalue weighted by Crippen LogP contribution is -2.44. The molecular formula is C30H26F2N4O4S. The molecule has 2 atom stereocenters. The Morgan fingerprint density at radius 1 is 0.854 bits per heavy atom. The van der Waals surface area contributed by atoms with Gasteiger partial charge in [-0.3, -0.25) is 0 Å². The molecule has 2 fully saturated rings. The van der Waals surface area contributed by atoms with E-state index in [1.54, 1.807) is 24.3 Å². The van der Waals surface area contributed by atoms with Crippen LogP contribution in [0.2, 0.25) is 0 Å². The largest absolute Gasteiger partial charge is 0.371 e. The molecule has 2 aliphatic rings. The predicted octanol–water partition coefficient (Wildman–Crippen LogP) is 4.72. The Morgan fingerprint density at radius 3 is 2.41 bits per heavy atom. The molecule has 8 nitrogen and oxygen atoms in total. The Kier molecular flexibility index (Phi) is 7.40. The first kappa shape index (κ1) is 27.2. The first-order chi connectivity index (χ1) is 19.8. The Hall–Kier alpha value is -3.95. The molecule has 0 amide bonds. The van der Waals surface area contributed by atoms with E-state index in [2.05, 4.69) is 6.07 Å². The number of benzene rings is 3. The van der Waals surface area contributed by atoms with Crippen molar-refractivity contribution in [2.45, 2.75) is 17.1 Å². The SMILES string of the molecule is N#Cc1cccc(C2CN(c3nc4ccccc4cc3S(=O)(=O)N3CCOC(c4ccc(F)c(F)c4)C3)CCO2)c1. The predicted molar refractivity (Wildman–Crippen MR) is 148 cm³/mol. The van der Waals surface area contributed by atoms with Crippen LogP contribution in [0.4, 0.5) is 14.6 Å². The first-order valence-electron chi connectivity index (χ1n) is 13.2. The molecule has 0 aliphatic carbocycles. The number of rotatable bonds is 5. The van der Waals surface area contributed by atoms with Crippen molar-refractivity contribution in [3.63, 3.8) is 0 Å². The van der Waals surface area contributed by atoms with E-state index >= 15 is 0 Å². The summed E-state index contributed by atoms with van der Waals surface area (Å²) in [5.41, 5.74) is 2.34. The maximum Gasteiger partial charge on any atom is 0.246 e. The minimum absolute atomic E-state index is 0.0496. The monoisotopic (exact) mass is 576 g/mol. The highest BCUT2D eigenvalue weighted by Gasteiger charge is 2.36. The maximum absolute atomic E-state index is 14.2. The second kappa shape index (κ2) is 11.1. The molecule has 0 spiro atoms. The number of anilines is 1. The summed E-state index contributed by atoms with van der Waals surface area (Å²) in [5.74, 6) is -1.69. The van der Waals surface area contributed by atoms with Gasteiger partial charge in [0.2, 0.25) is 10.0 Å². The van der Waals surface area contributed by atoms with Crippen molar-refractivity contribution in [3.8, 4) is 6.07 Å². The van der Waals surface area contributed by atoms with Gasteiger partial charge in [0, 0.05) is 31.6 Å². The zero-order valence-electron chi connectivity index (χ0n) is 21.9. The Labute approximate surface area is 236 Å². The zero-order valence-corrected chi connectivity index (χ0v) is 22.7. The third-order valence-electron chi connectivity index (χ3n) is 7.39. The van der Waals surface area contributed by atoms with Crippen LogP contribution in [0.15, 0.2) is 77.7 Å². The van der Waals surface area contributed by atoms with Gasteiger partial charge in [-0.15, -0.1) is 0 Å². The molecule has 2 saturated heterocycles. The lowest BCUT2D eigenvalue weighted by Gasteiger charge is -2.36. The number of aromatic nitrogens is 1. The Bertz CT molecular complexity index is 1760. The van der Waals surface area contributed by atoms with Crippen molar-refractivity contribution in [2.75, 3.05) is 44.3 Å². The highest BCUT2D eigenvalue weighted by molar-refractivity contribution is 7.89. The van der Waals surface area contributed by atoms with Crippen LogP contribution < -0.4 is 4.90 Å². The number of nitrogens with zero attached hydrogens (tertiary/aromatic N) is 4. The van der Waals surface area contributed by atoms with Gasteiger partial charge < -0.3 is 14.4 Å². The molecule has 2 unspecified atom stereocenters. The molecule has 210 valence electrons. The molecule has 3 aromatic carbocycles. The lowest BCUT2D eigenvalue weighted by atomic mass is 10.0. The molecule has 6 rings (SSSR count). The van der Waals surface area contributed by atoms with Crippen LogP contribution in [-0.4, -0.2) is 57.1 Å². The summed E-state index contributed by atoms with van der Waals surface area (Å²) in [7, 11) is -4.09. The van der Waals surface area contributed by atoms with E-state index in [1.165, 1.54) is 10.4 Å². The van der Waals surface area contributed by atoms with E-state index in [0.717, 1.165) is 17.7 Å². The van der Waals surface area contributed by atoms with Gasteiger partial charge in [-0.25, -0.2) is 22.2 Å². The summed E-state index contributed by atoms with van der Waals surface area (Å²) in [6, 6.07) is 21.7. The number of ether oxygens (including phenoxy) is 2. The molecule has 0 N–H and O–H groups in total. The third kappa shape index (κ3) is 5.39. The normalized spacial score (nSPS) is 20.2. The number of morpholine rings is 2. The first-order valence-corrected chi connectivity index (χ1v) is 14.6. The molecular weight excluding hydrogens is 550 g/mol. The van der Waals surface area contributed by atoms with Crippen LogP contribution in [0, 0.1) is 23.0 Å². The molecule has 41 heavy (non-hydrogen) atoms. The molecule has 2 aliphatic heterocycles. The van der Waals surface area contributed by atoms with E-state index in [9.17, 15) is 22.5 Å². The van der Waals surface area contributed by atoms with Gasteiger partial charge in [-0.1, -0.05) is 36.4 Å². The van der Waals surface area contributed by atoms with Gasteiger partial charge in [0.1, 0.15) is 16.8 Å². The van der Waals surface area contributed by atoms with Crippen LogP contribution >= 0.6 is 0 Å². The van der Waals surface area contributed by atoms with Crippen LogP contribution in [0.1, 0.15) is 28.9 Å². The number of pyridine rings is 1. The summed E-state index contributed by atoms with van der Waals surface area (Å²) in [6.45, 7) is 1.22. The number of fused-ring (bicyclic) bond motifs is 1. The van der Waals surface area contributed by atoms with Gasteiger partial charge in [-0.2, -0.15) is 9.57 Å². The fraction of sp³-hybridized carbons (Fsp3) is 0.267. The molecule has 0 saturated carbocycles. The Balaban J connectivity index is 1.36. The fourth-order valence-electron chi connectivity index (χ4n) is 5.25. The average Bonchev–Trinajstić information content (AvgIpc) is 3.02. The van der Waals surface area contributed by atoms with Crippen molar-refractivity contribution >= 4 is 26.7 Å². The highest BCUT2D eigenvalue weighted by atomic mass is 32.2. The highest BCUT2D eigenvalue weighted by Crippen LogP contribution is 2.35. The van der Waals surface area contributed by atoms with Crippen LogP contribution in [0.5, 0.6) is 0 Å². The number of para-hydroxylation sites is 1. The van der Waals surface area contributed by atoms with Gasteiger partial charge in [0.15, 0.2) is 11.6 Å². The van der Waals surface area contributed by atoms with Gasteiger partial charge in [-0.05, 0) is 47.5 Å². The topological polar surface area (TPSA) is 95.8 Å². The van der Waals surface area contributed by atoms with E-state index in [4.69, 9.17) is 14.5 Å². The van der Waals surface area contributed by atoms with Gasteiger partial charge in [0.25, 0.3) is 0 Å². The van der Waals surface area contributed by atoms with Crippen molar-refractivity contribution in [1.82, 2.24) is 9.29 Å². The smallest absolute Gasteiger partial charge is 0.246 e. The van der Waals surface area contributed by atoms with E-state index in [-0.39, 0.29) is 30.7 Å². The van der Waals surface area contributed by atoms with Crippen molar-refractivity contribution in [1.29, 1.82) is 5.26 Å². The number of sulfonamides is 1. The number of hydrogen-bond acceptors (Lipinski definition) is 7. The third-order valence-corrected chi connectivity index (χ3v) is 9.25. The molecule has 4 aromatic rings.